The molecule has 2 heteroatoms. The SMILES string of the molecule is C=CC(NC)c1ccoc1C. The topological polar surface area (TPSA) is 25.2 Å². The Labute approximate surface area is 66.9 Å². The summed E-state index contributed by atoms with van der Waals surface area (Å²) in [6, 6.07) is 2.16. The molecule has 1 heterocycles. The van der Waals surface area contributed by atoms with E-state index in [2.05, 4.69) is 11.9 Å². The summed E-state index contributed by atoms with van der Waals surface area (Å²) in [5.41, 5.74) is 1.16. The molecule has 1 unspecified atom stereocenters. The summed E-state index contributed by atoms with van der Waals surface area (Å²) in [4.78, 5) is 0. The lowest BCUT2D eigenvalue weighted by molar-refractivity contribution is 0.524. The van der Waals surface area contributed by atoms with Gasteiger partial charge >= 0.3 is 0 Å². The van der Waals surface area contributed by atoms with E-state index >= 15 is 0 Å². The second-order valence-electron chi connectivity index (χ2n) is 2.43. The van der Waals surface area contributed by atoms with E-state index in [-0.39, 0.29) is 6.04 Å². The molecule has 0 aliphatic carbocycles. The Hall–Kier alpha value is -1.02. The van der Waals surface area contributed by atoms with Crippen LogP contribution in [-0.4, -0.2) is 7.05 Å². The predicted octanol–water partition coefficient (Wildman–Crippen LogP) is 2.03. The number of rotatable bonds is 3. The van der Waals surface area contributed by atoms with Crippen LogP contribution in [0.1, 0.15) is 17.4 Å². The van der Waals surface area contributed by atoms with Crippen LogP contribution in [0.25, 0.3) is 0 Å². The Morgan fingerprint density at radius 3 is 2.82 bits per heavy atom. The lowest BCUT2D eigenvalue weighted by Crippen LogP contribution is -2.13. The zero-order valence-corrected chi connectivity index (χ0v) is 6.92. The average molecular weight is 151 g/mol. The van der Waals surface area contributed by atoms with Crippen molar-refractivity contribution >= 4 is 0 Å². The highest BCUT2D eigenvalue weighted by Crippen LogP contribution is 2.18. The fourth-order valence-electron chi connectivity index (χ4n) is 1.12. The summed E-state index contributed by atoms with van der Waals surface area (Å²) in [5, 5.41) is 3.12. The van der Waals surface area contributed by atoms with Gasteiger partial charge in [0.25, 0.3) is 0 Å². The van der Waals surface area contributed by atoms with E-state index in [1.807, 2.05) is 26.1 Å². The minimum atomic E-state index is 0.203. The van der Waals surface area contributed by atoms with Crippen molar-refractivity contribution in [2.75, 3.05) is 7.05 Å². The molecule has 0 aromatic carbocycles. The van der Waals surface area contributed by atoms with E-state index < -0.39 is 0 Å². The highest BCUT2D eigenvalue weighted by molar-refractivity contribution is 5.23. The van der Waals surface area contributed by atoms with Gasteiger partial charge in [0.2, 0.25) is 0 Å². The maximum atomic E-state index is 5.16. The van der Waals surface area contributed by atoms with Crippen LogP contribution in [-0.2, 0) is 0 Å². The highest BCUT2D eigenvalue weighted by atomic mass is 16.3. The van der Waals surface area contributed by atoms with Crippen LogP contribution in [0.3, 0.4) is 0 Å². The van der Waals surface area contributed by atoms with Crippen molar-refractivity contribution in [2.45, 2.75) is 13.0 Å². The summed E-state index contributed by atoms with van der Waals surface area (Å²) in [6.45, 7) is 5.67. The van der Waals surface area contributed by atoms with Crippen LogP contribution in [0.15, 0.2) is 29.4 Å². The molecule has 0 amide bonds. The Balaban J connectivity index is 2.89. The fourth-order valence-corrected chi connectivity index (χ4v) is 1.12. The van der Waals surface area contributed by atoms with Crippen LogP contribution < -0.4 is 5.32 Å². The standard InChI is InChI=1S/C9H13NO/c1-4-9(10-3)8-5-6-11-7(8)2/h4-6,9-10H,1H2,2-3H3. The number of hydrogen-bond donors (Lipinski definition) is 1. The first-order valence-corrected chi connectivity index (χ1v) is 3.63. The van der Waals surface area contributed by atoms with Crippen LogP contribution in [0.2, 0.25) is 0 Å². The van der Waals surface area contributed by atoms with Gasteiger partial charge in [-0.15, -0.1) is 6.58 Å². The Bertz CT molecular complexity index is 239. The molecule has 2 nitrogen and oxygen atoms in total. The zero-order chi connectivity index (χ0) is 8.27. The third-order valence-corrected chi connectivity index (χ3v) is 1.78. The van der Waals surface area contributed by atoms with Crippen LogP contribution in [0.5, 0.6) is 0 Å². The molecule has 0 saturated heterocycles. The number of furan rings is 1. The van der Waals surface area contributed by atoms with Crippen molar-refractivity contribution in [1.29, 1.82) is 0 Å². The van der Waals surface area contributed by atoms with Gasteiger partial charge < -0.3 is 9.73 Å². The molecule has 0 radical (unpaired) electrons. The largest absolute Gasteiger partial charge is 0.469 e. The van der Waals surface area contributed by atoms with Gasteiger partial charge in [-0.3, -0.25) is 0 Å². The van der Waals surface area contributed by atoms with Crippen molar-refractivity contribution in [1.82, 2.24) is 5.32 Å². The van der Waals surface area contributed by atoms with E-state index in [9.17, 15) is 0 Å². The molecule has 0 fully saturated rings. The average Bonchev–Trinajstić information content (AvgIpc) is 2.40. The first-order valence-electron chi connectivity index (χ1n) is 3.63. The second-order valence-corrected chi connectivity index (χ2v) is 2.43. The van der Waals surface area contributed by atoms with Gasteiger partial charge in [0.15, 0.2) is 0 Å². The van der Waals surface area contributed by atoms with Gasteiger partial charge in [-0.1, -0.05) is 6.08 Å². The molecule has 1 atom stereocenters. The van der Waals surface area contributed by atoms with E-state index in [0.717, 1.165) is 11.3 Å². The molecule has 0 aliphatic rings. The first-order chi connectivity index (χ1) is 5.29. The molecular formula is C9H13NO. The van der Waals surface area contributed by atoms with E-state index in [1.165, 1.54) is 0 Å². The molecule has 1 N–H and O–H groups in total. The fraction of sp³-hybridized carbons (Fsp3) is 0.333. The van der Waals surface area contributed by atoms with Gasteiger partial charge in [-0.2, -0.15) is 0 Å². The van der Waals surface area contributed by atoms with Gasteiger partial charge in [0.05, 0.1) is 12.3 Å². The third-order valence-electron chi connectivity index (χ3n) is 1.78. The lowest BCUT2D eigenvalue weighted by atomic mass is 10.1. The molecule has 11 heavy (non-hydrogen) atoms. The van der Waals surface area contributed by atoms with Crippen molar-refractivity contribution < 1.29 is 4.42 Å². The summed E-state index contributed by atoms with van der Waals surface area (Å²) in [5.74, 6) is 0.948. The maximum absolute atomic E-state index is 5.16. The summed E-state index contributed by atoms with van der Waals surface area (Å²) in [7, 11) is 1.90. The number of likely N-dealkylation sites (N-methyl/N-ethyl adjacent to an activating group) is 1. The molecule has 0 saturated carbocycles. The van der Waals surface area contributed by atoms with Crippen LogP contribution in [0, 0.1) is 6.92 Å². The second kappa shape index (κ2) is 3.39. The van der Waals surface area contributed by atoms with Gasteiger partial charge in [-0.25, -0.2) is 0 Å². The number of nitrogens with one attached hydrogen (secondary N) is 1. The quantitative estimate of drug-likeness (QED) is 0.669. The van der Waals surface area contributed by atoms with E-state index in [1.54, 1.807) is 6.26 Å². The zero-order valence-electron chi connectivity index (χ0n) is 6.92. The third kappa shape index (κ3) is 1.52. The number of hydrogen-bond acceptors (Lipinski definition) is 2. The molecular weight excluding hydrogens is 138 g/mol. The number of aryl methyl sites for hydroxylation is 1. The minimum absolute atomic E-state index is 0.203. The maximum Gasteiger partial charge on any atom is 0.105 e. The van der Waals surface area contributed by atoms with Crippen molar-refractivity contribution in [3.63, 3.8) is 0 Å². The molecule has 1 aromatic rings. The van der Waals surface area contributed by atoms with Crippen LogP contribution >= 0.6 is 0 Å². The summed E-state index contributed by atoms with van der Waals surface area (Å²) in [6.07, 6.45) is 3.55. The van der Waals surface area contributed by atoms with E-state index in [4.69, 9.17) is 4.42 Å². The molecule has 0 spiro atoms. The normalized spacial score (nSPS) is 12.9. The van der Waals surface area contributed by atoms with Crippen LogP contribution in [0.4, 0.5) is 0 Å². The van der Waals surface area contributed by atoms with E-state index in [0.29, 0.717) is 0 Å². The monoisotopic (exact) mass is 151 g/mol. The summed E-state index contributed by atoms with van der Waals surface area (Å²) >= 11 is 0. The van der Waals surface area contributed by atoms with Crippen molar-refractivity contribution in [2.24, 2.45) is 0 Å². The molecule has 0 aliphatic heterocycles. The van der Waals surface area contributed by atoms with Gasteiger partial charge in [0, 0.05) is 5.56 Å². The smallest absolute Gasteiger partial charge is 0.105 e. The van der Waals surface area contributed by atoms with Crippen molar-refractivity contribution in [3.8, 4) is 0 Å². The highest BCUT2D eigenvalue weighted by Gasteiger charge is 2.08. The first kappa shape index (κ1) is 8.08. The predicted molar refractivity (Wildman–Crippen MR) is 45.4 cm³/mol. The summed E-state index contributed by atoms with van der Waals surface area (Å²) < 4.78 is 5.16. The Morgan fingerprint density at radius 1 is 1.73 bits per heavy atom. The molecule has 1 rings (SSSR count). The van der Waals surface area contributed by atoms with Gasteiger partial charge in [0.1, 0.15) is 5.76 Å². The Kier molecular flexibility index (Phi) is 2.49. The minimum Gasteiger partial charge on any atom is -0.469 e. The van der Waals surface area contributed by atoms with Gasteiger partial charge in [-0.05, 0) is 20.0 Å². The Morgan fingerprint density at radius 2 is 2.45 bits per heavy atom. The molecule has 0 bridgehead atoms. The lowest BCUT2D eigenvalue weighted by Gasteiger charge is -2.08. The molecule has 60 valence electrons. The van der Waals surface area contributed by atoms with Crippen molar-refractivity contribution in [3.05, 3.63) is 36.3 Å². The molecule has 1 aromatic heterocycles.